The SMILES string of the molecule is Cc1cc2oc3cc(C)[nH]c3c2[nH]1. The first-order chi connectivity index (χ1) is 6.24. The van der Waals surface area contributed by atoms with Crippen LogP contribution in [0.2, 0.25) is 0 Å². The van der Waals surface area contributed by atoms with Crippen molar-refractivity contribution >= 4 is 22.2 Å². The molecule has 3 nitrogen and oxygen atoms in total. The standard InChI is InChI=1S/C10H10N2O/c1-5-3-7-9(11-5)10-8(13-7)4-6(2)12-10/h3-4,11-12H,1-2H3. The highest BCUT2D eigenvalue weighted by molar-refractivity contribution is 6.01. The molecule has 3 rings (SSSR count). The lowest BCUT2D eigenvalue weighted by atomic mass is 10.4. The van der Waals surface area contributed by atoms with Crippen LogP contribution < -0.4 is 0 Å². The van der Waals surface area contributed by atoms with Gasteiger partial charge in [-0.05, 0) is 13.8 Å². The summed E-state index contributed by atoms with van der Waals surface area (Å²) in [6, 6.07) is 4.02. The van der Waals surface area contributed by atoms with E-state index in [-0.39, 0.29) is 0 Å². The molecule has 0 saturated heterocycles. The van der Waals surface area contributed by atoms with Crippen molar-refractivity contribution in [3.05, 3.63) is 23.5 Å². The summed E-state index contributed by atoms with van der Waals surface area (Å²) in [5.41, 5.74) is 6.25. The molecule has 13 heavy (non-hydrogen) atoms. The lowest BCUT2D eigenvalue weighted by Crippen LogP contribution is -1.69. The van der Waals surface area contributed by atoms with Crippen LogP contribution in [-0.2, 0) is 0 Å². The highest BCUT2D eigenvalue weighted by Gasteiger charge is 2.10. The zero-order valence-corrected chi connectivity index (χ0v) is 7.56. The van der Waals surface area contributed by atoms with Gasteiger partial charge in [0.05, 0.1) is 0 Å². The molecule has 2 N–H and O–H groups in total. The van der Waals surface area contributed by atoms with Gasteiger partial charge in [-0.2, -0.15) is 0 Å². The van der Waals surface area contributed by atoms with Crippen LogP contribution in [0.25, 0.3) is 22.2 Å². The molecule has 0 aliphatic carbocycles. The van der Waals surface area contributed by atoms with Gasteiger partial charge in [-0.15, -0.1) is 0 Å². The number of nitrogens with one attached hydrogen (secondary N) is 2. The summed E-state index contributed by atoms with van der Waals surface area (Å²) in [6.07, 6.45) is 0. The predicted octanol–water partition coefficient (Wildman–Crippen LogP) is 2.86. The average molecular weight is 174 g/mol. The summed E-state index contributed by atoms with van der Waals surface area (Å²) in [5, 5.41) is 0. The second kappa shape index (κ2) is 1.99. The van der Waals surface area contributed by atoms with Crippen molar-refractivity contribution in [1.82, 2.24) is 9.97 Å². The number of H-pyrrole nitrogens is 2. The van der Waals surface area contributed by atoms with Crippen LogP contribution in [0.1, 0.15) is 11.4 Å². The van der Waals surface area contributed by atoms with Gasteiger partial charge in [0.15, 0.2) is 11.2 Å². The molecule has 3 aromatic heterocycles. The third-order valence-corrected chi connectivity index (χ3v) is 2.30. The van der Waals surface area contributed by atoms with Crippen LogP contribution in [0.3, 0.4) is 0 Å². The van der Waals surface area contributed by atoms with Crippen molar-refractivity contribution in [2.75, 3.05) is 0 Å². The van der Waals surface area contributed by atoms with Crippen LogP contribution in [-0.4, -0.2) is 9.97 Å². The van der Waals surface area contributed by atoms with Gasteiger partial charge < -0.3 is 14.4 Å². The Kier molecular flexibility index (Phi) is 1.05. The first-order valence-corrected chi connectivity index (χ1v) is 4.31. The Hall–Kier alpha value is -1.64. The molecule has 0 saturated carbocycles. The summed E-state index contributed by atoms with van der Waals surface area (Å²) in [5.74, 6) is 0. The Morgan fingerprint density at radius 3 is 1.85 bits per heavy atom. The molecule has 0 spiro atoms. The van der Waals surface area contributed by atoms with Gasteiger partial charge in [-0.3, -0.25) is 0 Å². The van der Waals surface area contributed by atoms with Gasteiger partial charge in [0.2, 0.25) is 0 Å². The zero-order valence-electron chi connectivity index (χ0n) is 7.56. The summed E-state index contributed by atoms with van der Waals surface area (Å²) in [6.45, 7) is 4.05. The molecule has 0 bridgehead atoms. The Balaban J connectivity index is 2.56. The van der Waals surface area contributed by atoms with E-state index in [1.54, 1.807) is 0 Å². The zero-order chi connectivity index (χ0) is 9.00. The number of hydrogen-bond donors (Lipinski definition) is 2. The lowest BCUT2D eigenvalue weighted by Gasteiger charge is -1.80. The third-order valence-electron chi connectivity index (χ3n) is 2.30. The second-order valence-corrected chi connectivity index (χ2v) is 3.49. The Morgan fingerprint density at radius 2 is 1.38 bits per heavy atom. The number of fused-ring (bicyclic) bond motifs is 3. The molecule has 0 amide bonds. The van der Waals surface area contributed by atoms with Crippen molar-refractivity contribution in [1.29, 1.82) is 0 Å². The first-order valence-electron chi connectivity index (χ1n) is 4.31. The van der Waals surface area contributed by atoms with E-state index in [0.29, 0.717) is 0 Å². The van der Waals surface area contributed by atoms with E-state index in [0.717, 1.165) is 33.6 Å². The van der Waals surface area contributed by atoms with E-state index in [1.807, 2.05) is 26.0 Å². The first kappa shape index (κ1) is 6.83. The van der Waals surface area contributed by atoms with E-state index in [9.17, 15) is 0 Å². The van der Waals surface area contributed by atoms with Crippen LogP contribution in [0, 0.1) is 13.8 Å². The van der Waals surface area contributed by atoms with Gasteiger partial charge in [0.1, 0.15) is 11.0 Å². The number of aryl methyl sites for hydroxylation is 2. The third kappa shape index (κ3) is 0.786. The number of aromatic amines is 2. The Labute approximate surface area is 74.7 Å². The molecule has 0 fully saturated rings. The van der Waals surface area contributed by atoms with Crippen LogP contribution in [0.15, 0.2) is 16.5 Å². The number of rotatable bonds is 0. The summed E-state index contributed by atoms with van der Waals surface area (Å²) < 4.78 is 5.63. The summed E-state index contributed by atoms with van der Waals surface area (Å²) >= 11 is 0. The van der Waals surface area contributed by atoms with Crippen LogP contribution >= 0.6 is 0 Å². The van der Waals surface area contributed by atoms with E-state index >= 15 is 0 Å². The molecule has 0 aliphatic rings. The normalized spacial score (nSPS) is 11.8. The molecule has 0 aromatic carbocycles. The van der Waals surface area contributed by atoms with Gasteiger partial charge in [0, 0.05) is 23.5 Å². The van der Waals surface area contributed by atoms with Crippen molar-refractivity contribution in [2.24, 2.45) is 0 Å². The molecule has 66 valence electrons. The largest absolute Gasteiger partial charge is 0.453 e. The molecular formula is C10H10N2O. The topological polar surface area (TPSA) is 44.7 Å². The average Bonchev–Trinajstić information content (AvgIpc) is 2.60. The molecule has 3 heterocycles. The lowest BCUT2D eigenvalue weighted by molar-refractivity contribution is 0.670. The van der Waals surface area contributed by atoms with Gasteiger partial charge in [-0.1, -0.05) is 0 Å². The fourth-order valence-electron chi connectivity index (χ4n) is 1.78. The van der Waals surface area contributed by atoms with Gasteiger partial charge in [-0.25, -0.2) is 0 Å². The molecule has 3 aromatic rings. The summed E-state index contributed by atoms with van der Waals surface area (Å²) in [4.78, 5) is 6.54. The van der Waals surface area contributed by atoms with Crippen molar-refractivity contribution in [3.63, 3.8) is 0 Å². The highest BCUT2D eigenvalue weighted by atomic mass is 16.3. The molecule has 0 radical (unpaired) electrons. The van der Waals surface area contributed by atoms with Crippen LogP contribution in [0.4, 0.5) is 0 Å². The summed E-state index contributed by atoms with van der Waals surface area (Å²) in [7, 11) is 0. The molecule has 0 unspecified atom stereocenters. The number of aromatic nitrogens is 2. The van der Waals surface area contributed by atoms with Crippen LogP contribution in [0.5, 0.6) is 0 Å². The van der Waals surface area contributed by atoms with Crippen molar-refractivity contribution in [3.8, 4) is 0 Å². The number of furan rings is 1. The maximum absolute atomic E-state index is 5.63. The fourth-order valence-corrected chi connectivity index (χ4v) is 1.78. The van der Waals surface area contributed by atoms with Crippen molar-refractivity contribution in [2.45, 2.75) is 13.8 Å². The Morgan fingerprint density at radius 1 is 0.923 bits per heavy atom. The van der Waals surface area contributed by atoms with E-state index < -0.39 is 0 Å². The van der Waals surface area contributed by atoms with E-state index in [1.165, 1.54) is 0 Å². The number of hydrogen-bond acceptors (Lipinski definition) is 1. The van der Waals surface area contributed by atoms with E-state index in [4.69, 9.17) is 4.42 Å². The maximum Gasteiger partial charge on any atom is 0.154 e. The molecule has 0 aliphatic heterocycles. The smallest absolute Gasteiger partial charge is 0.154 e. The monoisotopic (exact) mass is 174 g/mol. The second-order valence-electron chi connectivity index (χ2n) is 3.49. The minimum absolute atomic E-state index is 0.929. The van der Waals surface area contributed by atoms with Crippen molar-refractivity contribution < 1.29 is 4.42 Å². The quantitative estimate of drug-likeness (QED) is 0.540. The minimum atomic E-state index is 0.929. The molecular weight excluding hydrogens is 164 g/mol. The fraction of sp³-hybridized carbons (Fsp3) is 0.200. The minimum Gasteiger partial charge on any atom is -0.453 e. The maximum atomic E-state index is 5.63. The predicted molar refractivity (Wildman–Crippen MR) is 51.9 cm³/mol. The van der Waals surface area contributed by atoms with Gasteiger partial charge in [0.25, 0.3) is 0 Å². The van der Waals surface area contributed by atoms with E-state index in [2.05, 4.69) is 9.97 Å². The molecule has 3 heteroatoms. The molecule has 0 atom stereocenters. The Bertz CT molecular complexity index is 531. The van der Waals surface area contributed by atoms with Gasteiger partial charge >= 0.3 is 0 Å². The highest BCUT2D eigenvalue weighted by Crippen LogP contribution is 2.28.